The number of unbranched alkanes of at least 4 members (excludes halogenated alkanes) is 11. The van der Waals surface area contributed by atoms with E-state index in [1.165, 1.54) is 76.9 Å². The van der Waals surface area contributed by atoms with Gasteiger partial charge in [-0.05, 0) is 31.3 Å². The van der Waals surface area contributed by atoms with Gasteiger partial charge in [-0.2, -0.15) is 0 Å². The number of carbonyl (C=O) groups excluding carboxylic acids is 2. The molecule has 0 amide bonds. The van der Waals surface area contributed by atoms with E-state index in [-0.39, 0.29) is 31.7 Å². The Labute approximate surface area is 178 Å². The molecule has 0 rings (SSSR count). The number of carboxylic acid groups (broad SMARTS) is 1. The van der Waals surface area contributed by atoms with Gasteiger partial charge in [-0.3, -0.25) is 4.79 Å². The summed E-state index contributed by atoms with van der Waals surface area (Å²) in [5, 5.41) is 10.2. The first-order valence-electron chi connectivity index (χ1n) is 10.6. The van der Waals surface area contributed by atoms with Gasteiger partial charge >= 0.3 is 24.8 Å². The normalized spacial score (nSPS) is 10.9. The summed E-state index contributed by atoms with van der Waals surface area (Å²) in [6.07, 6.45) is 19.6. The number of aliphatic carboxylic acids is 1. The Morgan fingerprint density at radius 2 is 1.30 bits per heavy atom. The average molecular weight is 374 g/mol. The Hall–Kier alpha value is -0.723. The zero-order valence-corrected chi connectivity index (χ0v) is 18.0. The summed E-state index contributed by atoms with van der Waals surface area (Å²) in [5.41, 5.74) is 0. The number of allylic oxidation sites excluding steroid dienone is 1. The predicted octanol–water partition coefficient (Wildman–Crippen LogP) is 2.30. The largest absolute Gasteiger partial charge is 1.00 e. The van der Waals surface area contributed by atoms with Gasteiger partial charge in [0.05, 0.1) is 12.7 Å². The third-order valence-corrected chi connectivity index (χ3v) is 4.48. The third-order valence-electron chi connectivity index (χ3n) is 4.48. The average Bonchev–Trinajstić information content (AvgIpc) is 2.59. The van der Waals surface area contributed by atoms with Crippen LogP contribution in [0.25, 0.3) is 0 Å². The van der Waals surface area contributed by atoms with Crippen LogP contribution in [0.5, 0.6) is 0 Å². The predicted molar refractivity (Wildman–Crippen MR) is 104 cm³/mol. The van der Waals surface area contributed by atoms with E-state index in [4.69, 9.17) is 4.74 Å². The molecule has 4 nitrogen and oxygen atoms in total. The summed E-state index contributed by atoms with van der Waals surface area (Å²) in [4.78, 5) is 21.3. The molecule has 0 saturated heterocycles. The Balaban J connectivity index is 0. The summed E-state index contributed by atoms with van der Waals surface area (Å²) in [7, 11) is 0. The standard InChI is InChI=1S/C22H40O4.Li/c1-20(2)16-14-12-10-8-6-4-3-5-7-9-11-13-15-19-26-22(25)18-17-21(23)24;/h15,19-20H,3-14,16-18H2,1-2H3,(H,23,24);/q;+1/p-1. The van der Waals surface area contributed by atoms with E-state index in [9.17, 15) is 14.7 Å². The molecule has 5 heteroatoms. The van der Waals surface area contributed by atoms with Crippen LogP contribution in [0.2, 0.25) is 0 Å². The van der Waals surface area contributed by atoms with Crippen molar-refractivity contribution >= 4 is 11.9 Å². The van der Waals surface area contributed by atoms with Crippen molar-refractivity contribution in [2.75, 3.05) is 0 Å². The van der Waals surface area contributed by atoms with Gasteiger partial charge in [0.2, 0.25) is 0 Å². The first-order chi connectivity index (χ1) is 12.5. The molecular weight excluding hydrogens is 335 g/mol. The zero-order chi connectivity index (χ0) is 19.5. The van der Waals surface area contributed by atoms with Crippen molar-refractivity contribution in [2.24, 2.45) is 5.92 Å². The van der Waals surface area contributed by atoms with E-state index in [2.05, 4.69) is 13.8 Å². The number of carboxylic acids is 1. The minimum atomic E-state index is -1.23. The molecule has 0 aromatic heterocycles. The molecule has 0 aromatic carbocycles. The van der Waals surface area contributed by atoms with Crippen molar-refractivity contribution < 1.29 is 38.3 Å². The first-order valence-corrected chi connectivity index (χ1v) is 10.6. The molecule has 152 valence electrons. The molecule has 0 N–H and O–H groups in total. The first kappa shape index (κ1) is 28.5. The van der Waals surface area contributed by atoms with E-state index in [0.29, 0.717) is 0 Å². The smallest absolute Gasteiger partial charge is 0.550 e. The quantitative estimate of drug-likeness (QED) is 0.160. The second-order valence-corrected chi connectivity index (χ2v) is 7.59. The van der Waals surface area contributed by atoms with Crippen molar-refractivity contribution in [1.29, 1.82) is 0 Å². The van der Waals surface area contributed by atoms with Gasteiger partial charge in [0.1, 0.15) is 0 Å². The maximum atomic E-state index is 11.1. The van der Waals surface area contributed by atoms with Crippen LogP contribution >= 0.6 is 0 Å². The van der Waals surface area contributed by atoms with Gasteiger partial charge in [-0.15, -0.1) is 0 Å². The van der Waals surface area contributed by atoms with Crippen LogP contribution in [0.3, 0.4) is 0 Å². The summed E-state index contributed by atoms with van der Waals surface area (Å²) in [5.74, 6) is -0.903. The molecule has 0 fully saturated rings. The molecule has 0 saturated carbocycles. The van der Waals surface area contributed by atoms with Gasteiger partial charge < -0.3 is 14.6 Å². The van der Waals surface area contributed by atoms with Crippen LogP contribution in [0, 0.1) is 5.92 Å². The Kier molecular flexibility index (Phi) is 22.8. The fourth-order valence-electron chi connectivity index (χ4n) is 2.86. The summed E-state index contributed by atoms with van der Waals surface area (Å²) in [6.45, 7) is 4.60. The maximum absolute atomic E-state index is 11.1. The number of carbonyl (C=O) groups is 2. The SMILES string of the molecule is CC(C)CCCCCCCCCCCCCC=COC(=O)CCC(=O)[O-].[Li+]. The molecule has 0 aliphatic carbocycles. The van der Waals surface area contributed by atoms with E-state index in [1.807, 2.05) is 6.08 Å². The molecule has 0 spiro atoms. The number of esters is 1. The Morgan fingerprint density at radius 1 is 0.815 bits per heavy atom. The fourth-order valence-corrected chi connectivity index (χ4v) is 2.86. The van der Waals surface area contributed by atoms with Gasteiger partial charge in [-0.1, -0.05) is 84.5 Å². The number of ether oxygens (including phenoxy) is 1. The molecule has 0 aliphatic rings. The monoisotopic (exact) mass is 374 g/mol. The van der Waals surface area contributed by atoms with Crippen LogP contribution in [0.4, 0.5) is 0 Å². The molecule has 0 unspecified atom stereocenters. The van der Waals surface area contributed by atoms with Crippen LogP contribution < -0.4 is 24.0 Å². The summed E-state index contributed by atoms with van der Waals surface area (Å²) >= 11 is 0. The molecule has 0 heterocycles. The fraction of sp³-hybridized carbons (Fsp3) is 0.818. The number of hydrogen-bond acceptors (Lipinski definition) is 4. The maximum Gasteiger partial charge on any atom is 1.00 e. The second kappa shape index (κ2) is 21.6. The minimum absolute atomic E-state index is 0. The minimum Gasteiger partial charge on any atom is -0.550 e. The van der Waals surface area contributed by atoms with Crippen molar-refractivity contribution in [1.82, 2.24) is 0 Å². The summed E-state index contributed by atoms with van der Waals surface area (Å²) < 4.78 is 4.80. The van der Waals surface area contributed by atoms with Crippen molar-refractivity contribution in [3.63, 3.8) is 0 Å². The molecule has 27 heavy (non-hydrogen) atoms. The van der Waals surface area contributed by atoms with E-state index in [1.54, 1.807) is 0 Å². The number of rotatable bonds is 18. The van der Waals surface area contributed by atoms with Crippen LogP contribution in [0.15, 0.2) is 12.3 Å². The molecule has 0 atom stereocenters. The number of hydrogen-bond donors (Lipinski definition) is 0. The third kappa shape index (κ3) is 25.3. The van der Waals surface area contributed by atoms with Gasteiger partial charge in [0.15, 0.2) is 0 Å². The molecule has 0 radical (unpaired) electrons. The zero-order valence-electron chi connectivity index (χ0n) is 18.0. The summed E-state index contributed by atoms with van der Waals surface area (Å²) in [6, 6.07) is 0. The van der Waals surface area contributed by atoms with E-state index >= 15 is 0 Å². The van der Waals surface area contributed by atoms with Crippen molar-refractivity contribution in [2.45, 2.75) is 110 Å². The molecule has 0 bridgehead atoms. The Morgan fingerprint density at radius 3 is 1.78 bits per heavy atom. The van der Waals surface area contributed by atoms with Gasteiger partial charge in [-0.25, -0.2) is 0 Å². The van der Waals surface area contributed by atoms with Crippen LogP contribution in [0.1, 0.15) is 110 Å². The second-order valence-electron chi connectivity index (χ2n) is 7.59. The van der Waals surface area contributed by atoms with Gasteiger partial charge in [0.25, 0.3) is 0 Å². The van der Waals surface area contributed by atoms with E-state index in [0.717, 1.165) is 18.8 Å². The molecular formula is C22H39LiO4. The van der Waals surface area contributed by atoms with Crippen molar-refractivity contribution in [3.8, 4) is 0 Å². The molecule has 0 aromatic rings. The van der Waals surface area contributed by atoms with Crippen LogP contribution in [-0.2, 0) is 14.3 Å². The Bertz CT molecular complexity index is 381. The topological polar surface area (TPSA) is 66.4 Å². The van der Waals surface area contributed by atoms with Gasteiger partial charge in [0, 0.05) is 5.97 Å². The van der Waals surface area contributed by atoms with Crippen LogP contribution in [-0.4, -0.2) is 11.9 Å². The van der Waals surface area contributed by atoms with E-state index < -0.39 is 11.9 Å². The molecule has 0 aliphatic heterocycles. The van der Waals surface area contributed by atoms with Crippen molar-refractivity contribution in [3.05, 3.63) is 12.3 Å².